The van der Waals surface area contributed by atoms with Crippen molar-refractivity contribution in [1.82, 2.24) is 25.1 Å². The number of hydrogen-bond donors (Lipinski definition) is 1. The van der Waals surface area contributed by atoms with Gasteiger partial charge in [-0.15, -0.1) is 0 Å². The van der Waals surface area contributed by atoms with Gasteiger partial charge in [0.05, 0.1) is 11.9 Å². The van der Waals surface area contributed by atoms with Crippen LogP contribution in [0, 0.1) is 0 Å². The maximum Gasteiger partial charge on any atom is 0.435 e. The van der Waals surface area contributed by atoms with Crippen LogP contribution in [0.2, 0.25) is 0 Å². The molecular weight excluding hydrogens is 283 g/mol. The Morgan fingerprint density at radius 2 is 2.05 bits per heavy atom. The largest absolute Gasteiger partial charge is 0.435 e. The number of hydrogen-bond acceptors (Lipinski definition) is 4. The molecule has 21 heavy (non-hydrogen) atoms. The van der Waals surface area contributed by atoms with E-state index in [4.69, 9.17) is 0 Å². The van der Waals surface area contributed by atoms with Gasteiger partial charge < -0.3 is 5.32 Å². The summed E-state index contributed by atoms with van der Waals surface area (Å²) >= 11 is 0. The minimum absolute atomic E-state index is 0.137. The zero-order valence-corrected chi connectivity index (χ0v) is 11.9. The van der Waals surface area contributed by atoms with Crippen molar-refractivity contribution in [2.24, 2.45) is 0 Å². The molecule has 0 saturated heterocycles. The Morgan fingerprint density at radius 1 is 1.33 bits per heavy atom. The quantitative estimate of drug-likeness (QED) is 0.942. The van der Waals surface area contributed by atoms with Gasteiger partial charge in [-0.3, -0.25) is 0 Å². The second-order valence-corrected chi connectivity index (χ2v) is 4.89. The first-order chi connectivity index (χ1) is 9.82. The van der Waals surface area contributed by atoms with Gasteiger partial charge in [0, 0.05) is 18.7 Å². The molecule has 0 aliphatic heterocycles. The van der Waals surface area contributed by atoms with E-state index in [1.54, 1.807) is 7.05 Å². The molecule has 5 nitrogen and oxygen atoms in total. The molecule has 0 spiro atoms. The molecule has 2 heterocycles. The Bertz CT molecular complexity index is 619. The Kier molecular flexibility index (Phi) is 4.26. The van der Waals surface area contributed by atoms with Gasteiger partial charge in [0.2, 0.25) is 0 Å². The molecule has 0 unspecified atom stereocenters. The molecule has 0 atom stereocenters. The van der Waals surface area contributed by atoms with E-state index in [1.165, 1.54) is 12.4 Å². The molecule has 0 radical (unpaired) electrons. The summed E-state index contributed by atoms with van der Waals surface area (Å²) in [6.07, 6.45) is -1.70. The van der Waals surface area contributed by atoms with Crippen LogP contribution in [0.4, 0.5) is 13.2 Å². The molecule has 0 aliphatic carbocycles. The summed E-state index contributed by atoms with van der Waals surface area (Å²) in [6, 6.07) is 0.930. The van der Waals surface area contributed by atoms with Crippen LogP contribution in [-0.4, -0.2) is 26.8 Å². The molecule has 114 valence electrons. The van der Waals surface area contributed by atoms with Crippen LogP contribution >= 0.6 is 0 Å². The molecule has 2 aromatic rings. The van der Waals surface area contributed by atoms with Gasteiger partial charge in [0.1, 0.15) is 11.5 Å². The third-order valence-electron chi connectivity index (χ3n) is 2.85. The number of rotatable bonds is 4. The van der Waals surface area contributed by atoms with Crippen molar-refractivity contribution in [2.45, 2.75) is 32.5 Å². The van der Waals surface area contributed by atoms with E-state index >= 15 is 0 Å². The minimum Gasteiger partial charge on any atom is -0.314 e. The zero-order valence-electron chi connectivity index (χ0n) is 11.9. The van der Waals surface area contributed by atoms with Crippen LogP contribution < -0.4 is 5.32 Å². The number of nitrogens with one attached hydrogen (secondary N) is 1. The fraction of sp³-hybridized carbons (Fsp3) is 0.462. The highest BCUT2D eigenvalue weighted by Crippen LogP contribution is 2.28. The van der Waals surface area contributed by atoms with E-state index in [0.717, 1.165) is 10.7 Å². The number of halogens is 3. The van der Waals surface area contributed by atoms with Gasteiger partial charge in [-0.2, -0.15) is 18.3 Å². The first-order valence-corrected chi connectivity index (χ1v) is 6.46. The van der Waals surface area contributed by atoms with Crippen LogP contribution in [0.3, 0.4) is 0 Å². The van der Waals surface area contributed by atoms with Crippen molar-refractivity contribution >= 4 is 0 Å². The monoisotopic (exact) mass is 299 g/mol. The smallest absolute Gasteiger partial charge is 0.314 e. The average molecular weight is 299 g/mol. The number of aromatic nitrogens is 4. The first kappa shape index (κ1) is 15.4. The lowest BCUT2D eigenvalue weighted by Crippen LogP contribution is -2.15. The highest BCUT2D eigenvalue weighted by Gasteiger charge is 2.33. The van der Waals surface area contributed by atoms with Crippen molar-refractivity contribution in [3.05, 3.63) is 35.7 Å². The van der Waals surface area contributed by atoms with Gasteiger partial charge in [-0.1, -0.05) is 13.8 Å². The predicted octanol–water partition coefficient (Wildman–Crippen LogP) is 2.52. The summed E-state index contributed by atoms with van der Waals surface area (Å²) in [5.74, 6) is 0.783. The topological polar surface area (TPSA) is 55.6 Å². The van der Waals surface area contributed by atoms with Crippen molar-refractivity contribution in [3.63, 3.8) is 0 Å². The summed E-state index contributed by atoms with van der Waals surface area (Å²) in [4.78, 5) is 8.58. The molecule has 2 rings (SSSR count). The Morgan fingerprint density at radius 3 is 2.57 bits per heavy atom. The Labute approximate surface area is 120 Å². The second kappa shape index (κ2) is 5.80. The zero-order chi connectivity index (χ0) is 15.6. The molecule has 0 aliphatic rings. The van der Waals surface area contributed by atoms with E-state index in [9.17, 15) is 13.2 Å². The van der Waals surface area contributed by atoms with Gasteiger partial charge in [-0.05, 0) is 13.1 Å². The molecule has 0 aromatic carbocycles. The van der Waals surface area contributed by atoms with E-state index in [1.807, 2.05) is 13.8 Å². The lowest BCUT2D eigenvalue weighted by atomic mass is 10.2. The molecule has 0 amide bonds. The fourth-order valence-corrected chi connectivity index (χ4v) is 1.80. The van der Waals surface area contributed by atoms with Gasteiger partial charge >= 0.3 is 6.18 Å². The first-order valence-electron chi connectivity index (χ1n) is 6.46. The van der Waals surface area contributed by atoms with E-state index in [-0.39, 0.29) is 5.92 Å². The molecule has 1 N–H and O–H groups in total. The summed E-state index contributed by atoms with van der Waals surface area (Å²) in [5.41, 5.74) is 0.100. The second-order valence-electron chi connectivity index (χ2n) is 4.89. The molecule has 0 saturated carbocycles. The third kappa shape index (κ3) is 3.38. The van der Waals surface area contributed by atoms with Crippen molar-refractivity contribution in [2.75, 3.05) is 7.05 Å². The van der Waals surface area contributed by atoms with Gasteiger partial charge in [0.25, 0.3) is 0 Å². The standard InChI is InChI=1S/C13H16F3N5/c1-8(2)12-18-7-10(9(19-12)6-17-3)21-5-4-11(20-21)13(14,15)16/h4-5,7-8,17H,6H2,1-3H3. The highest BCUT2D eigenvalue weighted by molar-refractivity contribution is 5.34. The fourth-order valence-electron chi connectivity index (χ4n) is 1.80. The lowest BCUT2D eigenvalue weighted by molar-refractivity contribution is -0.141. The van der Waals surface area contributed by atoms with Crippen LogP contribution in [0.25, 0.3) is 5.69 Å². The maximum atomic E-state index is 12.6. The molecule has 0 bridgehead atoms. The van der Waals surface area contributed by atoms with Gasteiger partial charge in [-0.25, -0.2) is 14.6 Å². The van der Waals surface area contributed by atoms with Crippen LogP contribution in [0.1, 0.15) is 37.0 Å². The molecule has 0 fully saturated rings. The van der Waals surface area contributed by atoms with Crippen molar-refractivity contribution in [1.29, 1.82) is 0 Å². The summed E-state index contributed by atoms with van der Waals surface area (Å²) in [7, 11) is 1.74. The van der Waals surface area contributed by atoms with Crippen LogP contribution in [0.15, 0.2) is 18.5 Å². The Balaban J connectivity index is 2.45. The summed E-state index contributed by atoms with van der Waals surface area (Å²) in [6.45, 7) is 4.32. The molecule has 8 heteroatoms. The van der Waals surface area contributed by atoms with E-state index in [2.05, 4.69) is 20.4 Å². The van der Waals surface area contributed by atoms with Crippen LogP contribution in [0.5, 0.6) is 0 Å². The maximum absolute atomic E-state index is 12.6. The van der Waals surface area contributed by atoms with Gasteiger partial charge in [0.15, 0.2) is 5.69 Å². The summed E-state index contributed by atoms with van der Waals surface area (Å²) < 4.78 is 39.0. The highest BCUT2D eigenvalue weighted by atomic mass is 19.4. The van der Waals surface area contributed by atoms with E-state index < -0.39 is 11.9 Å². The Hall–Kier alpha value is -1.96. The molecule has 2 aromatic heterocycles. The third-order valence-corrected chi connectivity index (χ3v) is 2.85. The van der Waals surface area contributed by atoms with Crippen LogP contribution in [-0.2, 0) is 12.7 Å². The normalized spacial score (nSPS) is 12.1. The van der Waals surface area contributed by atoms with Crippen molar-refractivity contribution < 1.29 is 13.2 Å². The predicted molar refractivity (Wildman–Crippen MR) is 71.0 cm³/mol. The summed E-state index contributed by atoms with van der Waals surface area (Å²) in [5, 5.41) is 6.50. The lowest BCUT2D eigenvalue weighted by Gasteiger charge is -2.11. The SMILES string of the molecule is CNCc1nc(C(C)C)ncc1-n1ccc(C(F)(F)F)n1. The molecular formula is C13H16F3N5. The number of nitrogens with zero attached hydrogens (tertiary/aromatic N) is 4. The average Bonchev–Trinajstić information content (AvgIpc) is 2.88. The minimum atomic E-state index is -4.47. The van der Waals surface area contributed by atoms with Crippen molar-refractivity contribution in [3.8, 4) is 5.69 Å². The number of alkyl halides is 3. The van der Waals surface area contributed by atoms with E-state index in [0.29, 0.717) is 23.8 Å².